The van der Waals surface area contributed by atoms with Crippen molar-refractivity contribution < 1.29 is 14.1 Å². The van der Waals surface area contributed by atoms with Gasteiger partial charge in [0.2, 0.25) is 5.69 Å². The standard InChI is InChI=1S/C53H66N3O2/c1-11-13-19-35-55-43-31-27-37-21-15-17-23-41(37)47(43)52(6,7)45(55)33-29-39-25-26-40(49(39)54(10)50(57)58-51(3,4)5)30-34-46-53(8,9)48-42-24-18-16-22-38(42)28-32-44(48)56(46)36-20-14-12-2/h15-18,21-24,27-34H,11-14,19-20,25-26,35-36H2,1-10H3/q+1. The van der Waals surface area contributed by atoms with Gasteiger partial charge in [0.1, 0.15) is 12.1 Å². The molecule has 2 aliphatic heterocycles. The average molecular weight is 777 g/mol. The summed E-state index contributed by atoms with van der Waals surface area (Å²) < 4.78 is 8.57. The molecule has 1 aliphatic carbocycles. The van der Waals surface area contributed by atoms with E-state index < -0.39 is 5.60 Å². The van der Waals surface area contributed by atoms with Gasteiger partial charge in [-0.2, -0.15) is 4.58 Å². The summed E-state index contributed by atoms with van der Waals surface area (Å²) in [5, 5.41) is 5.21. The molecule has 0 atom stereocenters. The molecule has 7 rings (SSSR count). The molecule has 1 amide bonds. The maximum atomic E-state index is 13.9. The number of unbranched alkanes of at least 4 members (excludes halogenated alkanes) is 4. The highest BCUT2D eigenvalue weighted by Gasteiger charge is 2.46. The minimum Gasteiger partial charge on any atom is -0.443 e. The number of benzene rings is 4. The summed E-state index contributed by atoms with van der Waals surface area (Å²) in [5.41, 5.74) is 10.3. The zero-order valence-electron chi connectivity index (χ0n) is 37.0. The van der Waals surface area contributed by atoms with E-state index in [1.165, 1.54) is 81.1 Å². The van der Waals surface area contributed by atoms with Crippen LogP contribution >= 0.6 is 0 Å². The SMILES string of the molecule is CCCCCN1/C(=C/C=C2\CCC(/C=C/C3=[N+](CCCCC)c4ccc5ccccc5c4C3(C)C)=C2N(C)C(=O)OC(C)(C)C)C(C)(C)c2c1ccc1ccccc21. The predicted molar refractivity (Wildman–Crippen MR) is 246 cm³/mol. The van der Waals surface area contributed by atoms with Gasteiger partial charge < -0.3 is 9.64 Å². The number of anilines is 1. The van der Waals surface area contributed by atoms with Gasteiger partial charge in [0, 0.05) is 54.5 Å². The highest BCUT2D eigenvalue weighted by atomic mass is 16.6. The molecule has 0 N–H and O–H groups in total. The van der Waals surface area contributed by atoms with Crippen LogP contribution in [0.15, 0.2) is 120 Å². The van der Waals surface area contributed by atoms with Crippen LogP contribution in [0.3, 0.4) is 0 Å². The van der Waals surface area contributed by atoms with Gasteiger partial charge in [-0.05, 0) is 117 Å². The predicted octanol–water partition coefficient (Wildman–Crippen LogP) is 13.8. The summed E-state index contributed by atoms with van der Waals surface area (Å²) in [4.78, 5) is 18.2. The molecule has 5 nitrogen and oxygen atoms in total. The van der Waals surface area contributed by atoms with E-state index in [0.29, 0.717) is 0 Å². The van der Waals surface area contributed by atoms with E-state index in [1.807, 2.05) is 27.8 Å². The third-order valence-corrected chi connectivity index (χ3v) is 12.6. The lowest BCUT2D eigenvalue weighted by molar-refractivity contribution is -0.438. The fourth-order valence-corrected chi connectivity index (χ4v) is 9.84. The van der Waals surface area contributed by atoms with Crippen molar-refractivity contribution in [1.29, 1.82) is 0 Å². The van der Waals surface area contributed by atoms with E-state index in [2.05, 4.69) is 148 Å². The average Bonchev–Trinajstić information content (AvgIpc) is 3.76. The number of hydrogen-bond donors (Lipinski definition) is 0. The van der Waals surface area contributed by atoms with Crippen LogP contribution in [0.1, 0.15) is 125 Å². The molecule has 0 radical (unpaired) electrons. The Morgan fingerprint density at radius 2 is 1.41 bits per heavy atom. The number of carbonyl (C=O) groups excluding carboxylic acids is 1. The maximum Gasteiger partial charge on any atom is 0.414 e. The summed E-state index contributed by atoms with van der Waals surface area (Å²) in [7, 11) is 1.88. The molecule has 304 valence electrons. The Labute approximate surface area is 348 Å². The van der Waals surface area contributed by atoms with Crippen molar-refractivity contribution in [3.8, 4) is 0 Å². The molecule has 0 fully saturated rings. The van der Waals surface area contributed by atoms with Crippen LogP contribution in [0, 0.1) is 0 Å². The van der Waals surface area contributed by atoms with Crippen molar-refractivity contribution in [1.82, 2.24) is 4.90 Å². The van der Waals surface area contributed by atoms with E-state index in [4.69, 9.17) is 4.74 Å². The molecule has 0 bridgehead atoms. The van der Waals surface area contributed by atoms with Gasteiger partial charge in [-0.25, -0.2) is 4.79 Å². The lowest BCUT2D eigenvalue weighted by Gasteiger charge is -2.28. The van der Waals surface area contributed by atoms with Crippen molar-refractivity contribution in [2.24, 2.45) is 0 Å². The number of likely N-dealkylation sites (N-methyl/N-ethyl adjacent to an activating group) is 1. The Hall–Kier alpha value is -4.90. The lowest BCUT2D eigenvalue weighted by Crippen LogP contribution is -2.34. The van der Waals surface area contributed by atoms with Crippen LogP contribution in [-0.2, 0) is 15.6 Å². The molecule has 0 unspecified atom stereocenters. The number of amides is 1. The van der Waals surface area contributed by atoms with Crippen LogP contribution in [0.4, 0.5) is 16.2 Å². The number of hydrogen-bond acceptors (Lipinski definition) is 3. The Kier molecular flexibility index (Phi) is 11.7. The number of carbonyl (C=O) groups is 1. The van der Waals surface area contributed by atoms with E-state index in [9.17, 15) is 4.79 Å². The first-order valence-electron chi connectivity index (χ1n) is 22.0. The molecule has 5 heteroatoms. The van der Waals surface area contributed by atoms with Crippen molar-refractivity contribution >= 4 is 44.7 Å². The highest BCUT2D eigenvalue weighted by Crippen LogP contribution is 2.51. The molecule has 4 aromatic rings. The number of fused-ring (bicyclic) bond motifs is 6. The molecular weight excluding hydrogens is 711 g/mol. The summed E-state index contributed by atoms with van der Waals surface area (Å²) in [5.74, 6) is 0. The van der Waals surface area contributed by atoms with Gasteiger partial charge in [-0.15, -0.1) is 0 Å². The Balaban J connectivity index is 1.34. The first kappa shape index (κ1) is 41.3. The molecule has 0 saturated heterocycles. The van der Waals surface area contributed by atoms with Crippen molar-refractivity contribution in [3.63, 3.8) is 0 Å². The van der Waals surface area contributed by atoms with Crippen LogP contribution in [0.5, 0.6) is 0 Å². The first-order chi connectivity index (χ1) is 27.7. The minimum absolute atomic E-state index is 0.202. The first-order valence-corrected chi connectivity index (χ1v) is 22.0. The topological polar surface area (TPSA) is 35.8 Å². The quantitative estimate of drug-likeness (QED) is 0.106. The Bertz CT molecular complexity index is 2380. The van der Waals surface area contributed by atoms with Gasteiger partial charge in [0.25, 0.3) is 0 Å². The number of nitrogens with zero attached hydrogens (tertiary/aromatic N) is 3. The number of allylic oxidation sites excluding steroid dienone is 7. The maximum absolute atomic E-state index is 13.9. The minimum atomic E-state index is -0.606. The van der Waals surface area contributed by atoms with Crippen molar-refractivity contribution in [2.75, 3.05) is 25.0 Å². The second-order valence-corrected chi connectivity index (χ2v) is 18.7. The zero-order chi connectivity index (χ0) is 41.4. The van der Waals surface area contributed by atoms with Crippen LogP contribution in [-0.4, -0.2) is 47.0 Å². The second-order valence-electron chi connectivity index (χ2n) is 18.7. The monoisotopic (exact) mass is 777 g/mol. The summed E-state index contributed by atoms with van der Waals surface area (Å²) in [6.45, 7) is 21.8. The van der Waals surface area contributed by atoms with E-state index in [1.54, 1.807) is 4.90 Å². The third kappa shape index (κ3) is 7.70. The fourth-order valence-electron chi connectivity index (χ4n) is 9.84. The van der Waals surface area contributed by atoms with Gasteiger partial charge >= 0.3 is 6.09 Å². The molecule has 2 heterocycles. The molecular formula is C53H66N3O2+. The molecule has 4 aromatic carbocycles. The molecule has 0 aromatic heterocycles. The molecule has 3 aliphatic rings. The number of rotatable bonds is 12. The summed E-state index contributed by atoms with van der Waals surface area (Å²) in [6, 6.07) is 26.8. The third-order valence-electron chi connectivity index (χ3n) is 12.6. The fraction of sp³-hybridized carbons (Fsp3) is 0.434. The normalized spacial score (nSPS) is 18.8. The van der Waals surface area contributed by atoms with E-state index >= 15 is 0 Å². The second kappa shape index (κ2) is 16.4. The Morgan fingerprint density at radius 1 is 0.776 bits per heavy atom. The van der Waals surface area contributed by atoms with Crippen LogP contribution < -0.4 is 4.90 Å². The highest BCUT2D eigenvalue weighted by molar-refractivity contribution is 6.08. The largest absolute Gasteiger partial charge is 0.443 e. The number of ether oxygens (including phenoxy) is 1. The molecule has 58 heavy (non-hydrogen) atoms. The van der Waals surface area contributed by atoms with Gasteiger partial charge in [-0.3, -0.25) is 4.90 Å². The van der Waals surface area contributed by atoms with Gasteiger partial charge in [-0.1, -0.05) is 114 Å². The van der Waals surface area contributed by atoms with Crippen LogP contribution in [0.2, 0.25) is 0 Å². The lowest BCUT2D eigenvalue weighted by atomic mass is 9.79. The van der Waals surface area contributed by atoms with E-state index in [-0.39, 0.29) is 16.9 Å². The van der Waals surface area contributed by atoms with Crippen LogP contribution in [0.25, 0.3) is 21.5 Å². The van der Waals surface area contributed by atoms with Crippen molar-refractivity contribution in [2.45, 2.75) is 130 Å². The van der Waals surface area contributed by atoms with Gasteiger partial charge in [0.15, 0.2) is 5.71 Å². The van der Waals surface area contributed by atoms with Crippen molar-refractivity contribution in [3.05, 3.63) is 131 Å². The summed E-state index contributed by atoms with van der Waals surface area (Å²) >= 11 is 0. The smallest absolute Gasteiger partial charge is 0.414 e. The van der Waals surface area contributed by atoms with E-state index in [0.717, 1.165) is 55.6 Å². The molecule has 0 spiro atoms. The van der Waals surface area contributed by atoms with Gasteiger partial charge in [0.05, 0.1) is 11.1 Å². The zero-order valence-corrected chi connectivity index (χ0v) is 37.0. The molecule has 0 saturated carbocycles. The summed E-state index contributed by atoms with van der Waals surface area (Å²) in [6.07, 6.45) is 17.7. The Morgan fingerprint density at radius 3 is 2.09 bits per heavy atom.